The van der Waals surface area contributed by atoms with Gasteiger partial charge in [-0.25, -0.2) is 4.98 Å². The van der Waals surface area contributed by atoms with Crippen LogP contribution in [0.15, 0.2) is 60.7 Å². The molecule has 0 bridgehead atoms. The summed E-state index contributed by atoms with van der Waals surface area (Å²) in [5.41, 5.74) is 4.76. The highest BCUT2D eigenvalue weighted by atomic mass is 16.1. The lowest BCUT2D eigenvalue weighted by Gasteiger charge is -2.10. The van der Waals surface area contributed by atoms with Gasteiger partial charge in [0.25, 0.3) is 5.91 Å². The van der Waals surface area contributed by atoms with Crippen LogP contribution in [-0.2, 0) is 7.05 Å². The van der Waals surface area contributed by atoms with Gasteiger partial charge in [0.2, 0.25) is 0 Å². The standard InChI is InChI=1S/C23H20N4O2/c1-14-21-19(23(29)24-18-11-9-16(10-12-18)15(2)28)13-20(17-7-5-4-6-8-17)25-22(21)27(3)26-14/h4-13H,1-3H3,(H,24,29). The van der Waals surface area contributed by atoms with E-state index in [1.54, 1.807) is 35.0 Å². The highest BCUT2D eigenvalue weighted by Gasteiger charge is 2.19. The Balaban J connectivity index is 1.79. The summed E-state index contributed by atoms with van der Waals surface area (Å²) < 4.78 is 1.69. The third-order valence-electron chi connectivity index (χ3n) is 4.83. The van der Waals surface area contributed by atoms with Crippen molar-refractivity contribution in [3.63, 3.8) is 0 Å². The quantitative estimate of drug-likeness (QED) is 0.529. The minimum atomic E-state index is -0.249. The van der Waals surface area contributed by atoms with E-state index in [0.717, 1.165) is 16.6 Å². The van der Waals surface area contributed by atoms with Gasteiger partial charge in [-0.15, -0.1) is 0 Å². The van der Waals surface area contributed by atoms with Crippen molar-refractivity contribution >= 4 is 28.4 Å². The molecule has 0 saturated heterocycles. The molecule has 2 aromatic carbocycles. The number of pyridine rings is 1. The Morgan fingerprint density at radius 3 is 2.34 bits per heavy atom. The normalized spacial score (nSPS) is 10.9. The fourth-order valence-electron chi connectivity index (χ4n) is 3.37. The number of ketones is 1. The molecular weight excluding hydrogens is 364 g/mol. The number of Topliss-reactive ketones (excluding diaryl/α,β-unsaturated/α-hetero) is 1. The van der Waals surface area contributed by atoms with E-state index in [0.29, 0.717) is 28.2 Å². The van der Waals surface area contributed by atoms with Crippen molar-refractivity contribution in [3.05, 3.63) is 77.5 Å². The van der Waals surface area contributed by atoms with E-state index in [4.69, 9.17) is 4.98 Å². The lowest BCUT2D eigenvalue weighted by Crippen LogP contribution is -2.13. The maximum Gasteiger partial charge on any atom is 0.256 e. The molecule has 0 aliphatic carbocycles. The van der Waals surface area contributed by atoms with Crippen LogP contribution in [0.25, 0.3) is 22.3 Å². The van der Waals surface area contributed by atoms with Gasteiger partial charge in [0.05, 0.1) is 22.3 Å². The van der Waals surface area contributed by atoms with Crippen LogP contribution in [0, 0.1) is 6.92 Å². The van der Waals surface area contributed by atoms with E-state index in [9.17, 15) is 9.59 Å². The molecule has 4 rings (SSSR count). The van der Waals surface area contributed by atoms with E-state index in [-0.39, 0.29) is 11.7 Å². The van der Waals surface area contributed by atoms with Gasteiger partial charge in [0.1, 0.15) is 0 Å². The summed E-state index contributed by atoms with van der Waals surface area (Å²) in [5.74, 6) is -0.265. The lowest BCUT2D eigenvalue weighted by atomic mass is 10.0. The molecule has 29 heavy (non-hydrogen) atoms. The summed E-state index contributed by atoms with van der Waals surface area (Å²) in [6, 6.07) is 18.4. The molecule has 0 saturated carbocycles. The van der Waals surface area contributed by atoms with Crippen LogP contribution in [0.5, 0.6) is 0 Å². The van der Waals surface area contributed by atoms with Crippen LogP contribution in [-0.4, -0.2) is 26.5 Å². The number of rotatable bonds is 4. The predicted molar refractivity (Wildman–Crippen MR) is 113 cm³/mol. The Morgan fingerprint density at radius 2 is 1.69 bits per heavy atom. The molecule has 144 valence electrons. The van der Waals surface area contributed by atoms with Crippen molar-refractivity contribution in [1.82, 2.24) is 14.8 Å². The summed E-state index contributed by atoms with van der Waals surface area (Å²) in [4.78, 5) is 29.3. The first-order valence-electron chi connectivity index (χ1n) is 9.26. The number of nitrogens with zero attached hydrogens (tertiary/aromatic N) is 3. The van der Waals surface area contributed by atoms with Gasteiger partial charge in [-0.2, -0.15) is 5.10 Å². The molecule has 1 amide bonds. The first-order chi connectivity index (χ1) is 13.9. The van der Waals surface area contributed by atoms with E-state index < -0.39 is 0 Å². The molecule has 6 nitrogen and oxygen atoms in total. The zero-order chi connectivity index (χ0) is 20.5. The molecule has 0 unspecified atom stereocenters. The molecular formula is C23H20N4O2. The van der Waals surface area contributed by atoms with E-state index in [2.05, 4.69) is 10.4 Å². The monoisotopic (exact) mass is 384 g/mol. The maximum absolute atomic E-state index is 13.1. The van der Waals surface area contributed by atoms with Gasteiger partial charge < -0.3 is 5.32 Å². The number of fused-ring (bicyclic) bond motifs is 1. The Bertz CT molecular complexity index is 1230. The number of nitrogens with one attached hydrogen (secondary N) is 1. The van der Waals surface area contributed by atoms with Gasteiger partial charge in [0.15, 0.2) is 11.4 Å². The van der Waals surface area contributed by atoms with Crippen molar-refractivity contribution < 1.29 is 9.59 Å². The lowest BCUT2D eigenvalue weighted by molar-refractivity contribution is 0.101. The Hall–Kier alpha value is -3.80. The van der Waals surface area contributed by atoms with E-state index in [1.807, 2.05) is 44.3 Å². The summed E-state index contributed by atoms with van der Waals surface area (Å²) >= 11 is 0. The number of hydrogen-bond donors (Lipinski definition) is 1. The Kier molecular flexibility index (Phi) is 4.68. The van der Waals surface area contributed by atoms with Crippen molar-refractivity contribution in [2.75, 3.05) is 5.32 Å². The largest absolute Gasteiger partial charge is 0.322 e. The Labute approximate surface area is 168 Å². The number of aromatic nitrogens is 3. The summed E-state index contributed by atoms with van der Waals surface area (Å²) in [7, 11) is 1.82. The average Bonchev–Trinajstić information content (AvgIpc) is 3.02. The van der Waals surface area contributed by atoms with Crippen LogP contribution in [0.3, 0.4) is 0 Å². The van der Waals surface area contributed by atoms with E-state index in [1.165, 1.54) is 6.92 Å². The van der Waals surface area contributed by atoms with Crippen molar-refractivity contribution in [2.45, 2.75) is 13.8 Å². The van der Waals surface area contributed by atoms with Crippen molar-refractivity contribution in [1.29, 1.82) is 0 Å². The maximum atomic E-state index is 13.1. The molecule has 0 aliphatic heterocycles. The van der Waals surface area contributed by atoms with Crippen molar-refractivity contribution in [3.8, 4) is 11.3 Å². The van der Waals surface area contributed by atoms with Crippen LogP contribution in [0.1, 0.15) is 33.3 Å². The van der Waals surface area contributed by atoms with Gasteiger partial charge in [-0.05, 0) is 44.2 Å². The number of carbonyl (C=O) groups is 2. The molecule has 0 aliphatic rings. The minimum absolute atomic E-state index is 0.0165. The van der Waals surface area contributed by atoms with E-state index >= 15 is 0 Å². The van der Waals surface area contributed by atoms with Crippen LogP contribution < -0.4 is 5.32 Å². The first kappa shape index (κ1) is 18.6. The average molecular weight is 384 g/mol. The first-order valence-corrected chi connectivity index (χ1v) is 9.26. The molecule has 0 atom stereocenters. The smallest absolute Gasteiger partial charge is 0.256 e. The molecule has 2 heterocycles. The van der Waals surface area contributed by atoms with Gasteiger partial charge >= 0.3 is 0 Å². The summed E-state index contributed by atoms with van der Waals surface area (Å²) in [6.07, 6.45) is 0. The van der Waals surface area contributed by atoms with Crippen LogP contribution >= 0.6 is 0 Å². The topological polar surface area (TPSA) is 76.9 Å². The highest BCUT2D eigenvalue weighted by Crippen LogP contribution is 2.27. The highest BCUT2D eigenvalue weighted by molar-refractivity contribution is 6.13. The second-order valence-corrected chi connectivity index (χ2v) is 6.92. The van der Waals surface area contributed by atoms with Gasteiger partial charge in [0, 0.05) is 23.9 Å². The number of carbonyl (C=O) groups excluding carboxylic acids is 2. The predicted octanol–water partition coefficient (Wildman–Crippen LogP) is 4.40. The van der Waals surface area contributed by atoms with Gasteiger partial charge in [-0.1, -0.05) is 30.3 Å². The number of benzene rings is 2. The molecule has 2 aromatic heterocycles. The zero-order valence-electron chi connectivity index (χ0n) is 16.4. The summed E-state index contributed by atoms with van der Waals surface area (Å²) in [6.45, 7) is 3.38. The SMILES string of the molecule is CC(=O)c1ccc(NC(=O)c2cc(-c3ccccc3)nc3c2c(C)nn3C)cc1. The van der Waals surface area contributed by atoms with Crippen molar-refractivity contribution in [2.24, 2.45) is 7.05 Å². The van der Waals surface area contributed by atoms with Gasteiger partial charge in [-0.3, -0.25) is 14.3 Å². The second-order valence-electron chi connectivity index (χ2n) is 6.92. The molecule has 1 N–H and O–H groups in total. The Morgan fingerprint density at radius 1 is 1.00 bits per heavy atom. The number of amides is 1. The third kappa shape index (κ3) is 3.52. The molecule has 0 fully saturated rings. The molecule has 0 radical (unpaired) electrons. The minimum Gasteiger partial charge on any atom is -0.322 e. The number of hydrogen-bond acceptors (Lipinski definition) is 4. The number of anilines is 1. The molecule has 0 spiro atoms. The fourth-order valence-corrected chi connectivity index (χ4v) is 3.37. The summed E-state index contributed by atoms with van der Waals surface area (Å²) in [5, 5.41) is 8.09. The third-order valence-corrected chi connectivity index (χ3v) is 4.83. The van der Waals surface area contributed by atoms with Crippen LogP contribution in [0.2, 0.25) is 0 Å². The fraction of sp³-hybridized carbons (Fsp3) is 0.130. The zero-order valence-corrected chi connectivity index (χ0v) is 16.4. The second kappa shape index (κ2) is 7.31. The molecule has 6 heteroatoms. The number of aryl methyl sites for hydroxylation is 2. The molecule has 4 aromatic rings. The van der Waals surface area contributed by atoms with Crippen LogP contribution in [0.4, 0.5) is 5.69 Å².